The van der Waals surface area contributed by atoms with E-state index in [2.05, 4.69) is 0 Å². The van der Waals surface area contributed by atoms with E-state index in [4.69, 9.17) is 22.6 Å². The number of allylic oxidation sites excluding steroid dienone is 2. The zero-order valence-electron chi connectivity index (χ0n) is 9.20. The van der Waals surface area contributed by atoms with Crippen molar-refractivity contribution in [1.29, 1.82) is 0 Å². The van der Waals surface area contributed by atoms with Crippen LogP contribution in [-0.2, 0) is 22.6 Å². The molecule has 1 heterocycles. The van der Waals surface area contributed by atoms with Gasteiger partial charge in [-0.2, -0.15) is 0 Å². The number of hydrogen-bond acceptors (Lipinski definition) is 5. The molecule has 0 saturated heterocycles. The average Bonchev–Trinajstić information content (AvgIpc) is 2.54. The first-order chi connectivity index (χ1) is 6.54. The molecule has 0 N–H and O–H groups in total. The molecule has 5 nitrogen and oxygen atoms in total. The summed E-state index contributed by atoms with van der Waals surface area (Å²) >= 11 is 0. The SMILES string of the molecule is CCC1=C(C)OP(OC)(OC)(OC)O1. The molecule has 84 valence electrons. The minimum atomic E-state index is -3.80. The molecular weight excluding hydrogens is 207 g/mol. The second kappa shape index (κ2) is 3.66. The summed E-state index contributed by atoms with van der Waals surface area (Å²) in [4.78, 5) is 0. The molecule has 1 aliphatic rings. The van der Waals surface area contributed by atoms with Crippen LogP contribution in [0.25, 0.3) is 0 Å². The second-order valence-electron chi connectivity index (χ2n) is 2.81. The molecule has 6 heteroatoms. The van der Waals surface area contributed by atoms with Crippen LogP contribution in [0.3, 0.4) is 0 Å². The Kier molecular flexibility index (Phi) is 3.07. The van der Waals surface area contributed by atoms with Crippen LogP contribution in [-0.4, -0.2) is 21.3 Å². The van der Waals surface area contributed by atoms with Crippen molar-refractivity contribution in [3.05, 3.63) is 11.5 Å². The molecule has 0 atom stereocenters. The summed E-state index contributed by atoms with van der Waals surface area (Å²) in [6.07, 6.45) is 0.708. The van der Waals surface area contributed by atoms with Gasteiger partial charge in [0.2, 0.25) is 0 Å². The molecule has 0 bridgehead atoms. The van der Waals surface area contributed by atoms with Crippen molar-refractivity contribution in [3.8, 4) is 0 Å². The molecule has 0 aromatic carbocycles. The minimum absolute atomic E-state index is 0.649. The molecular formula is C8H17O5P. The average molecular weight is 224 g/mol. The van der Waals surface area contributed by atoms with E-state index in [0.717, 1.165) is 0 Å². The maximum atomic E-state index is 5.57. The van der Waals surface area contributed by atoms with Gasteiger partial charge in [-0.05, 0) is 0 Å². The molecule has 0 radical (unpaired) electrons. The van der Waals surface area contributed by atoms with Gasteiger partial charge in [0.15, 0.2) is 0 Å². The van der Waals surface area contributed by atoms with E-state index in [-0.39, 0.29) is 0 Å². The Balaban J connectivity index is 3.00. The molecule has 1 rings (SSSR count). The van der Waals surface area contributed by atoms with Crippen molar-refractivity contribution in [2.75, 3.05) is 21.3 Å². The molecule has 0 unspecified atom stereocenters. The van der Waals surface area contributed by atoms with E-state index in [1.807, 2.05) is 6.92 Å². The van der Waals surface area contributed by atoms with Crippen molar-refractivity contribution in [2.24, 2.45) is 0 Å². The summed E-state index contributed by atoms with van der Waals surface area (Å²) in [6.45, 7) is 3.75. The molecule has 0 spiro atoms. The molecule has 0 aromatic rings. The van der Waals surface area contributed by atoms with Crippen molar-refractivity contribution < 1.29 is 22.6 Å². The summed E-state index contributed by atoms with van der Waals surface area (Å²) in [6, 6.07) is 0. The van der Waals surface area contributed by atoms with Gasteiger partial charge in [-0.1, -0.05) is 0 Å². The van der Waals surface area contributed by atoms with Crippen molar-refractivity contribution in [1.82, 2.24) is 0 Å². The summed E-state index contributed by atoms with van der Waals surface area (Å²) in [5.74, 6) is 1.35. The molecule has 0 saturated carbocycles. The third-order valence-electron chi connectivity index (χ3n) is 2.15. The van der Waals surface area contributed by atoms with Crippen LogP contribution in [0.15, 0.2) is 11.5 Å². The van der Waals surface area contributed by atoms with Gasteiger partial charge in [-0.3, -0.25) is 0 Å². The zero-order valence-corrected chi connectivity index (χ0v) is 10.1. The molecule has 1 aliphatic heterocycles. The maximum absolute atomic E-state index is 5.57. The van der Waals surface area contributed by atoms with E-state index in [1.165, 1.54) is 21.3 Å². The predicted octanol–water partition coefficient (Wildman–Crippen LogP) is 2.74. The van der Waals surface area contributed by atoms with Crippen LogP contribution in [0.2, 0.25) is 0 Å². The summed E-state index contributed by atoms with van der Waals surface area (Å²) in [5, 5.41) is 0. The molecule has 0 aromatic heterocycles. The fourth-order valence-corrected chi connectivity index (χ4v) is 3.40. The second-order valence-corrected chi connectivity index (χ2v) is 5.76. The number of hydrogen-bond donors (Lipinski definition) is 0. The Morgan fingerprint density at radius 2 is 1.57 bits per heavy atom. The topological polar surface area (TPSA) is 46.2 Å². The van der Waals surface area contributed by atoms with E-state index >= 15 is 0 Å². The van der Waals surface area contributed by atoms with Crippen LogP contribution < -0.4 is 0 Å². The van der Waals surface area contributed by atoms with Crippen LogP contribution in [0.5, 0.6) is 0 Å². The molecule has 0 fully saturated rings. The summed E-state index contributed by atoms with van der Waals surface area (Å²) in [5.41, 5.74) is 0. The van der Waals surface area contributed by atoms with E-state index < -0.39 is 7.74 Å². The quantitative estimate of drug-likeness (QED) is 0.687. The fourth-order valence-electron chi connectivity index (χ4n) is 1.30. The van der Waals surface area contributed by atoms with Crippen LogP contribution in [0, 0.1) is 0 Å². The molecule has 14 heavy (non-hydrogen) atoms. The molecule has 0 aliphatic carbocycles. The Morgan fingerprint density at radius 3 is 1.79 bits per heavy atom. The standard InChI is InChI=1S/C8H17O5P/c1-6-8-7(2)12-14(9-3,10-4,11-5)13-8/h6H2,1-5H3. The first-order valence-electron chi connectivity index (χ1n) is 4.36. The van der Waals surface area contributed by atoms with Gasteiger partial charge >= 0.3 is 83.5 Å². The fraction of sp³-hybridized carbons (Fsp3) is 0.750. The monoisotopic (exact) mass is 224 g/mol. The van der Waals surface area contributed by atoms with Crippen molar-refractivity contribution in [2.45, 2.75) is 20.3 Å². The van der Waals surface area contributed by atoms with Gasteiger partial charge in [0.25, 0.3) is 0 Å². The van der Waals surface area contributed by atoms with Gasteiger partial charge in [0.1, 0.15) is 0 Å². The van der Waals surface area contributed by atoms with Gasteiger partial charge in [-0.15, -0.1) is 0 Å². The Hall–Kier alpha value is -0.350. The van der Waals surface area contributed by atoms with Gasteiger partial charge in [0, 0.05) is 0 Å². The predicted molar refractivity (Wildman–Crippen MR) is 53.1 cm³/mol. The number of rotatable bonds is 4. The third-order valence-corrected chi connectivity index (χ3v) is 5.03. The first-order valence-corrected chi connectivity index (χ1v) is 6.18. The Labute approximate surface area is 84.3 Å². The van der Waals surface area contributed by atoms with Gasteiger partial charge in [0.05, 0.1) is 0 Å². The first kappa shape index (κ1) is 11.7. The van der Waals surface area contributed by atoms with E-state index in [9.17, 15) is 0 Å². The van der Waals surface area contributed by atoms with Crippen molar-refractivity contribution >= 4 is 7.74 Å². The Morgan fingerprint density at radius 1 is 1.07 bits per heavy atom. The van der Waals surface area contributed by atoms with Gasteiger partial charge in [-0.25, -0.2) is 0 Å². The van der Waals surface area contributed by atoms with Gasteiger partial charge < -0.3 is 0 Å². The summed E-state index contributed by atoms with van der Waals surface area (Å²) < 4.78 is 26.6. The van der Waals surface area contributed by atoms with Crippen LogP contribution in [0.1, 0.15) is 20.3 Å². The zero-order chi connectivity index (χ0) is 10.8. The Bertz CT molecular complexity index is 247. The van der Waals surface area contributed by atoms with Crippen LogP contribution >= 0.6 is 7.74 Å². The summed E-state index contributed by atoms with van der Waals surface area (Å²) in [7, 11) is 0.527. The normalized spacial score (nSPS) is 26.2. The van der Waals surface area contributed by atoms with E-state index in [0.29, 0.717) is 17.9 Å². The van der Waals surface area contributed by atoms with Crippen LogP contribution in [0.4, 0.5) is 0 Å². The van der Waals surface area contributed by atoms with Crippen molar-refractivity contribution in [3.63, 3.8) is 0 Å². The molecule has 0 amide bonds. The van der Waals surface area contributed by atoms with E-state index in [1.54, 1.807) is 6.92 Å². The third kappa shape index (κ3) is 1.50.